The lowest BCUT2D eigenvalue weighted by Crippen LogP contribution is -1.99. The van der Waals surface area contributed by atoms with Gasteiger partial charge >= 0.3 is 5.97 Å². The molecule has 0 radical (unpaired) electrons. The largest absolute Gasteiger partial charge is 0.478 e. The molecule has 3 heteroatoms. The first-order chi connectivity index (χ1) is 8.63. The number of carboxylic acid groups (broad SMARTS) is 1. The summed E-state index contributed by atoms with van der Waals surface area (Å²) < 4.78 is 0. The molecular formula is C15H16O3. The normalized spacial score (nSPS) is 12.6. The van der Waals surface area contributed by atoms with Gasteiger partial charge < -0.3 is 10.2 Å². The third-order valence-electron chi connectivity index (χ3n) is 3.08. The fourth-order valence-corrected chi connectivity index (χ4v) is 2.14. The molecule has 2 N–H and O–H groups in total. The first kappa shape index (κ1) is 12.6. The van der Waals surface area contributed by atoms with Crippen LogP contribution in [-0.4, -0.2) is 16.2 Å². The summed E-state index contributed by atoms with van der Waals surface area (Å²) >= 11 is 0. The van der Waals surface area contributed by atoms with Crippen LogP contribution >= 0.6 is 0 Å². The molecule has 0 fully saturated rings. The molecule has 0 aromatic heterocycles. The second kappa shape index (κ2) is 5.19. The number of aromatic carboxylic acids is 1. The monoisotopic (exact) mass is 244 g/mol. The van der Waals surface area contributed by atoms with Gasteiger partial charge in [-0.1, -0.05) is 37.6 Å². The predicted octanol–water partition coefficient (Wildman–Crippen LogP) is 3.37. The molecule has 2 aromatic carbocycles. The molecule has 0 saturated carbocycles. The highest BCUT2D eigenvalue weighted by Gasteiger charge is 2.11. The Kier molecular flexibility index (Phi) is 3.63. The SMILES string of the molecule is CCCC(O)c1ccc2c(C(=O)O)cccc2c1. The summed E-state index contributed by atoms with van der Waals surface area (Å²) in [5.74, 6) is -0.928. The molecular weight excluding hydrogens is 228 g/mol. The van der Waals surface area contributed by atoms with Crippen LogP contribution in [0.2, 0.25) is 0 Å². The van der Waals surface area contributed by atoms with Crippen LogP contribution < -0.4 is 0 Å². The fraction of sp³-hybridized carbons (Fsp3) is 0.267. The smallest absolute Gasteiger partial charge is 0.336 e. The lowest BCUT2D eigenvalue weighted by molar-refractivity contribution is 0.0699. The zero-order valence-electron chi connectivity index (χ0n) is 10.3. The van der Waals surface area contributed by atoms with E-state index < -0.39 is 12.1 Å². The molecule has 1 unspecified atom stereocenters. The van der Waals surface area contributed by atoms with Crippen LogP contribution in [-0.2, 0) is 0 Å². The lowest BCUT2D eigenvalue weighted by Gasteiger charge is -2.11. The van der Waals surface area contributed by atoms with Crippen LogP contribution in [0.4, 0.5) is 0 Å². The first-order valence-electron chi connectivity index (χ1n) is 6.07. The van der Waals surface area contributed by atoms with Crippen LogP contribution in [0.5, 0.6) is 0 Å². The van der Waals surface area contributed by atoms with Crippen molar-refractivity contribution in [1.82, 2.24) is 0 Å². The Balaban J connectivity index is 2.50. The summed E-state index contributed by atoms with van der Waals surface area (Å²) in [4.78, 5) is 11.1. The van der Waals surface area contributed by atoms with Gasteiger partial charge in [-0.15, -0.1) is 0 Å². The first-order valence-corrected chi connectivity index (χ1v) is 6.07. The van der Waals surface area contributed by atoms with Gasteiger partial charge in [-0.05, 0) is 34.9 Å². The number of aliphatic hydroxyl groups excluding tert-OH is 1. The molecule has 0 aliphatic rings. The number of benzene rings is 2. The van der Waals surface area contributed by atoms with Crippen molar-refractivity contribution >= 4 is 16.7 Å². The minimum Gasteiger partial charge on any atom is -0.478 e. The number of hydrogen-bond donors (Lipinski definition) is 2. The molecule has 18 heavy (non-hydrogen) atoms. The number of aliphatic hydroxyl groups is 1. The van der Waals surface area contributed by atoms with Crippen LogP contribution in [0.25, 0.3) is 10.8 Å². The maximum Gasteiger partial charge on any atom is 0.336 e. The molecule has 0 amide bonds. The Hall–Kier alpha value is -1.87. The maximum atomic E-state index is 11.1. The number of carbonyl (C=O) groups is 1. The van der Waals surface area contributed by atoms with Crippen molar-refractivity contribution < 1.29 is 15.0 Å². The molecule has 0 bridgehead atoms. The van der Waals surface area contributed by atoms with E-state index in [1.54, 1.807) is 24.3 Å². The van der Waals surface area contributed by atoms with Gasteiger partial charge in [-0.2, -0.15) is 0 Å². The molecule has 2 rings (SSSR count). The number of hydrogen-bond acceptors (Lipinski definition) is 2. The van der Waals surface area contributed by atoms with E-state index >= 15 is 0 Å². The molecule has 0 spiro atoms. The summed E-state index contributed by atoms with van der Waals surface area (Å²) in [5.41, 5.74) is 1.14. The molecule has 94 valence electrons. The van der Waals surface area contributed by atoms with Gasteiger partial charge in [0.2, 0.25) is 0 Å². The topological polar surface area (TPSA) is 57.5 Å². The molecule has 0 aliphatic carbocycles. The van der Waals surface area contributed by atoms with Crippen LogP contribution in [0.3, 0.4) is 0 Å². The van der Waals surface area contributed by atoms with Crippen molar-refractivity contribution in [3.05, 3.63) is 47.5 Å². The molecule has 1 atom stereocenters. The van der Waals surface area contributed by atoms with E-state index in [-0.39, 0.29) is 0 Å². The lowest BCUT2D eigenvalue weighted by atomic mass is 9.98. The van der Waals surface area contributed by atoms with Gasteiger partial charge in [0.15, 0.2) is 0 Å². The minimum absolute atomic E-state index is 0.295. The van der Waals surface area contributed by atoms with Gasteiger partial charge in [-0.25, -0.2) is 4.79 Å². The Bertz CT molecular complexity index is 575. The summed E-state index contributed by atoms with van der Waals surface area (Å²) in [6.07, 6.45) is 1.14. The van der Waals surface area contributed by atoms with Gasteiger partial charge in [0.1, 0.15) is 0 Å². The summed E-state index contributed by atoms with van der Waals surface area (Å²) in [7, 11) is 0. The van der Waals surface area contributed by atoms with Gasteiger partial charge in [-0.3, -0.25) is 0 Å². The third kappa shape index (κ3) is 2.36. The second-order valence-corrected chi connectivity index (χ2v) is 4.40. The molecule has 0 heterocycles. The van der Waals surface area contributed by atoms with Crippen molar-refractivity contribution in [2.24, 2.45) is 0 Å². The Morgan fingerprint density at radius 2 is 2.06 bits per heavy atom. The van der Waals surface area contributed by atoms with E-state index in [1.165, 1.54) is 0 Å². The van der Waals surface area contributed by atoms with Crippen molar-refractivity contribution in [2.75, 3.05) is 0 Å². The highest BCUT2D eigenvalue weighted by molar-refractivity contribution is 6.03. The van der Waals surface area contributed by atoms with E-state index in [0.29, 0.717) is 17.4 Å². The van der Waals surface area contributed by atoms with Crippen molar-refractivity contribution in [3.8, 4) is 0 Å². The van der Waals surface area contributed by atoms with Gasteiger partial charge in [0.05, 0.1) is 11.7 Å². The Morgan fingerprint density at radius 1 is 1.28 bits per heavy atom. The van der Waals surface area contributed by atoms with E-state index in [0.717, 1.165) is 17.4 Å². The number of rotatable bonds is 4. The Labute approximate surface area is 106 Å². The van der Waals surface area contributed by atoms with Crippen LogP contribution in [0.1, 0.15) is 41.8 Å². The zero-order valence-corrected chi connectivity index (χ0v) is 10.3. The van der Waals surface area contributed by atoms with E-state index in [9.17, 15) is 9.90 Å². The van der Waals surface area contributed by atoms with Crippen molar-refractivity contribution in [1.29, 1.82) is 0 Å². The molecule has 3 nitrogen and oxygen atoms in total. The van der Waals surface area contributed by atoms with Crippen LogP contribution in [0.15, 0.2) is 36.4 Å². The van der Waals surface area contributed by atoms with Gasteiger partial charge in [0.25, 0.3) is 0 Å². The van der Waals surface area contributed by atoms with Crippen molar-refractivity contribution in [2.45, 2.75) is 25.9 Å². The minimum atomic E-state index is -0.928. The average molecular weight is 244 g/mol. The number of fused-ring (bicyclic) bond motifs is 1. The number of carboxylic acids is 1. The van der Waals surface area contributed by atoms with Crippen molar-refractivity contribution in [3.63, 3.8) is 0 Å². The standard InChI is InChI=1S/C15H16O3/c1-2-4-14(16)11-7-8-12-10(9-11)5-3-6-13(12)15(17)18/h3,5-9,14,16H,2,4H2,1H3,(H,17,18). The summed E-state index contributed by atoms with van der Waals surface area (Å²) in [6, 6.07) is 10.6. The zero-order chi connectivity index (χ0) is 13.1. The average Bonchev–Trinajstić information content (AvgIpc) is 2.37. The van der Waals surface area contributed by atoms with E-state index in [2.05, 4.69) is 0 Å². The highest BCUT2D eigenvalue weighted by atomic mass is 16.4. The fourth-order valence-electron chi connectivity index (χ4n) is 2.14. The van der Waals surface area contributed by atoms with Gasteiger partial charge in [0, 0.05) is 0 Å². The van der Waals surface area contributed by atoms with E-state index in [1.807, 2.05) is 19.1 Å². The predicted molar refractivity (Wildman–Crippen MR) is 70.8 cm³/mol. The molecule has 0 saturated heterocycles. The van der Waals surface area contributed by atoms with Crippen LogP contribution in [0, 0.1) is 0 Å². The summed E-state index contributed by atoms with van der Waals surface area (Å²) in [5, 5.41) is 20.6. The van der Waals surface area contributed by atoms with E-state index in [4.69, 9.17) is 5.11 Å². The molecule has 0 aliphatic heterocycles. The summed E-state index contributed by atoms with van der Waals surface area (Å²) in [6.45, 7) is 2.02. The second-order valence-electron chi connectivity index (χ2n) is 4.40. The third-order valence-corrected chi connectivity index (χ3v) is 3.08. The molecule has 2 aromatic rings. The Morgan fingerprint density at radius 3 is 2.72 bits per heavy atom. The highest BCUT2D eigenvalue weighted by Crippen LogP contribution is 2.25. The maximum absolute atomic E-state index is 11.1. The quantitative estimate of drug-likeness (QED) is 0.866.